The Kier molecular flexibility index (Phi) is 7.65. The fraction of sp³-hybridized carbons (Fsp3) is 0.231. The van der Waals surface area contributed by atoms with Gasteiger partial charge in [0.05, 0.1) is 10.6 Å². The summed E-state index contributed by atoms with van der Waals surface area (Å²) in [6.07, 6.45) is 3.20. The SMILES string of the molecule is CSc1ccc(S(=O)(=O)N(CC(=O)Nc2ccc(N3CCCC3=O)c(C)c2)c2cccc(F)c2)cc1. The first-order chi connectivity index (χ1) is 17.2. The first kappa shape index (κ1) is 25.7. The molecular formula is C26H26FN3O4S2. The van der Waals surface area contributed by atoms with Crippen LogP contribution >= 0.6 is 11.8 Å². The number of carbonyl (C=O) groups excluding carboxylic acids is 2. The van der Waals surface area contributed by atoms with Gasteiger partial charge in [0.1, 0.15) is 12.4 Å². The molecule has 0 bridgehead atoms. The molecule has 1 aliphatic rings. The van der Waals surface area contributed by atoms with E-state index in [4.69, 9.17) is 0 Å². The fourth-order valence-electron chi connectivity index (χ4n) is 4.09. The van der Waals surface area contributed by atoms with Crippen molar-refractivity contribution in [3.05, 3.63) is 78.1 Å². The summed E-state index contributed by atoms with van der Waals surface area (Å²) < 4.78 is 41.9. The molecule has 36 heavy (non-hydrogen) atoms. The van der Waals surface area contributed by atoms with Crippen LogP contribution in [0.25, 0.3) is 0 Å². The molecule has 3 aromatic rings. The van der Waals surface area contributed by atoms with Crippen LogP contribution in [0.2, 0.25) is 0 Å². The smallest absolute Gasteiger partial charge is 0.264 e. The number of thioether (sulfide) groups is 1. The summed E-state index contributed by atoms with van der Waals surface area (Å²) in [6.45, 7) is 1.95. The number of nitrogens with zero attached hydrogens (tertiary/aromatic N) is 2. The van der Waals surface area contributed by atoms with Crippen molar-refractivity contribution in [2.75, 3.05) is 33.9 Å². The molecule has 1 saturated heterocycles. The number of amides is 2. The molecule has 188 valence electrons. The molecule has 7 nitrogen and oxygen atoms in total. The van der Waals surface area contributed by atoms with Gasteiger partial charge in [0.25, 0.3) is 10.0 Å². The molecule has 0 radical (unpaired) electrons. The minimum atomic E-state index is -4.16. The van der Waals surface area contributed by atoms with Crippen molar-refractivity contribution >= 4 is 50.7 Å². The molecule has 1 heterocycles. The molecule has 1 aliphatic heterocycles. The highest BCUT2D eigenvalue weighted by molar-refractivity contribution is 7.98. The Morgan fingerprint density at radius 1 is 1.11 bits per heavy atom. The predicted octanol–water partition coefficient (Wildman–Crippen LogP) is 4.82. The number of anilines is 3. The minimum absolute atomic E-state index is 0.00663. The third kappa shape index (κ3) is 5.55. The van der Waals surface area contributed by atoms with Gasteiger partial charge in [0, 0.05) is 29.2 Å². The average molecular weight is 528 g/mol. The van der Waals surface area contributed by atoms with Crippen molar-refractivity contribution in [1.82, 2.24) is 0 Å². The Labute approximate surface area is 214 Å². The lowest BCUT2D eigenvalue weighted by molar-refractivity contribution is -0.117. The van der Waals surface area contributed by atoms with Crippen LogP contribution in [0.1, 0.15) is 18.4 Å². The second-order valence-electron chi connectivity index (χ2n) is 8.37. The van der Waals surface area contributed by atoms with Crippen LogP contribution in [0.15, 0.2) is 76.5 Å². The maximum absolute atomic E-state index is 14.0. The Hall–Kier alpha value is -3.37. The van der Waals surface area contributed by atoms with E-state index in [0.29, 0.717) is 18.7 Å². The van der Waals surface area contributed by atoms with Crippen LogP contribution in [0.4, 0.5) is 21.5 Å². The quantitative estimate of drug-likeness (QED) is 0.425. The third-order valence-corrected chi connectivity index (χ3v) is 8.41. The number of sulfonamides is 1. The zero-order valence-corrected chi connectivity index (χ0v) is 21.5. The van der Waals surface area contributed by atoms with Gasteiger partial charge < -0.3 is 10.2 Å². The number of aryl methyl sites for hydroxylation is 1. The van der Waals surface area contributed by atoms with Gasteiger partial charge in [-0.05, 0) is 85.8 Å². The molecule has 0 saturated carbocycles. The second kappa shape index (κ2) is 10.7. The number of hydrogen-bond acceptors (Lipinski definition) is 5. The highest BCUT2D eigenvalue weighted by Gasteiger charge is 2.28. The van der Waals surface area contributed by atoms with E-state index in [9.17, 15) is 22.4 Å². The predicted molar refractivity (Wildman–Crippen MR) is 141 cm³/mol. The molecular weight excluding hydrogens is 501 g/mol. The number of halogens is 1. The van der Waals surface area contributed by atoms with Crippen molar-refractivity contribution in [3.8, 4) is 0 Å². The topological polar surface area (TPSA) is 86.8 Å². The van der Waals surface area contributed by atoms with Crippen LogP contribution in [-0.4, -0.2) is 39.6 Å². The van der Waals surface area contributed by atoms with Crippen molar-refractivity contribution in [3.63, 3.8) is 0 Å². The van der Waals surface area contributed by atoms with E-state index >= 15 is 0 Å². The van der Waals surface area contributed by atoms with Gasteiger partial charge in [-0.1, -0.05) is 6.07 Å². The Morgan fingerprint density at radius 2 is 1.86 bits per heavy atom. The first-order valence-corrected chi connectivity index (χ1v) is 14.0. The van der Waals surface area contributed by atoms with E-state index in [1.54, 1.807) is 35.2 Å². The standard InChI is InChI=1S/C26H26FN3O4S2/c1-18-15-20(8-13-24(18)29-14-4-7-26(29)32)28-25(31)17-30(21-6-3-5-19(27)16-21)36(33,34)23-11-9-22(35-2)10-12-23/h3,5-6,8-13,15-16H,4,7,14,17H2,1-2H3,(H,28,31). The number of nitrogens with one attached hydrogen (secondary N) is 1. The summed E-state index contributed by atoms with van der Waals surface area (Å²) in [6, 6.07) is 16.6. The van der Waals surface area contributed by atoms with Crippen LogP contribution in [0, 0.1) is 12.7 Å². The largest absolute Gasteiger partial charge is 0.325 e. The number of hydrogen-bond donors (Lipinski definition) is 1. The van der Waals surface area contributed by atoms with Gasteiger partial charge in [-0.25, -0.2) is 12.8 Å². The van der Waals surface area contributed by atoms with Crippen molar-refractivity contribution < 1.29 is 22.4 Å². The maximum atomic E-state index is 14.0. The van der Waals surface area contributed by atoms with Crippen molar-refractivity contribution in [2.45, 2.75) is 29.6 Å². The summed E-state index contributed by atoms with van der Waals surface area (Å²) in [5.41, 5.74) is 2.10. The van der Waals surface area contributed by atoms with E-state index in [1.807, 2.05) is 13.2 Å². The van der Waals surface area contributed by atoms with E-state index in [0.717, 1.165) is 32.9 Å². The summed E-state index contributed by atoms with van der Waals surface area (Å²) in [5, 5.41) is 2.72. The van der Waals surface area contributed by atoms with E-state index in [-0.39, 0.29) is 16.5 Å². The molecule has 1 N–H and O–H groups in total. The van der Waals surface area contributed by atoms with Crippen LogP contribution < -0.4 is 14.5 Å². The van der Waals surface area contributed by atoms with Crippen molar-refractivity contribution in [1.29, 1.82) is 0 Å². The highest BCUT2D eigenvalue weighted by Crippen LogP contribution is 2.29. The molecule has 2 amide bonds. The summed E-state index contributed by atoms with van der Waals surface area (Å²) >= 11 is 1.47. The molecule has 10 heteroatoms. The third-order valence-electron chi connectivity index (χ3n) is 5.88. The Morgan fingerprint density at radius 3 is 2.47 bits per heavy atom. The maximum Gasteiger partial charge on any atom is 0.264 e. The highest BCUT2D eigenvalue weighted by atomic mass is 32.2. The Bertz CT molecular complexity index is 1390. The first-order valence-electron chi connectivity index (χ1n) is 11.3. The van der Waals surface area contributed by atoms with E-state index in [1.165, 1.54) is 42.1 Å². The fourth-order valence-corrected chi connectivity index (χ4v) is 5.91. The lowest BCUT2D eigenvalue weighted by Gasteiger charge is -2.24. The lowest BCUT2D eigenvalue weighted by Crippen LogP contribution is -2.38. The van der Waals surface area contributed by atoms with Gasteiger partial charge in [-0.3, -0.25) is 13.9 Å². The van der Waals surface area contributed by atoms with Gasteiger partial charge in [-0.2, -0.15) is 0 Å². The van der Waals surface area contributed by atoms with Crippen LogP contribution in [0.5, 0.6) is 0 Å². The molecule has 0 aliphatic carbocycles. The summed E-state index contributed by atoms with van der Waals surface area (Å²) in [4.78, 5) is 27.7. The van der Waals surface area contributed by atoms with Gasteiger partial charge in [0.2, 0.25) is 11.8 Å². The average Bonchev–Trinajstić information content (AvgIpc) is 3.28. The second-order valence-corrected chi connectivity index (χ2v) is 11.1. The monoisotopic (exact) mass is 527 g/mol. The zero-order valence-electron chi connectivity index (χ0n) is 19.9. The molecule has 4 rings (SSSR count). The van der Waals surface area contributed by atoms with Crippen LogP contribution in [-0.2, 0) is 19.6 Å². The van der Waals surface area contributed by atoms with E-state index < -0.39 is 28.3 Å². The molecule has 1 fully saturated rings. The molecule has 0 spiro atoms. The van der Waals surface area contributed by atoms with E-state index in [2.05, 4.69) is 5.32 Å². The van der Waals surface area contributed by atoms with Gasteiger partial charge in [-0.15, -0.1) is 11.8 Å². The molecule has 3 aromatic carbocycles. The number of rotatable bonds is 8. The number of carbonyl (C=O) groups is 2. The zero-order chi connectivity index (χ0) is 25.9. The normalized spacial score (nSPS) is 13.6. The molecule has 0 aromatic heterocycles. The minimum Gasteiger partial charge on any atom is -0.325 e. The Balaban J connectivity index is 1.58. The molecule has 0 atom stereocenters. The summed E-state index contributed by atoms with van der Waals surface area (Å²) in [7, 11) is -4.16. The summed E-state index contributed by atoms with van der Waals surface area (Å²) in [5.74, 6) is -1.14. The van der Waals surface area contributed by atoms with Gasteiger partial charge in [0.15, 0.2) is 0 Å². The lowest BCUT2D eigenvalue weighted by atomic mass is 10.1. The number of benzene rings is 3. The van der Waals surface area contributed by atoms with Crippen LogP contribution in [0.3, 0.4) is 0 Å². The van der Waals surface area contributed by atoms with Crippen molar-refractivity contribution in [2.24, 2.45) is 0 Å². The molecule has 0 unspecified atom stereocenters. The van der Waals surface area contributed by atoms with Gasteiger partial charge >= 0.3 is 0 Å².